The molecular weight excluding hydrogens is 244 g/mol. The molecule has 2 aliphatic rings. The van der Waals surface area contributed by atoms with Crippen LogP contribution in [0.3, 0.4) is 0 Å². The van der Waals surface area contributed by atoms with Crippen LogP contribution < -0.4 is 10.9 Å². The van der Waals surface area contributed by atoms with Crippen LogP contribution in [0.4, 0.5) is 0 Å². The van der Waals surface area contributed by atoms with Crippen molar-refractivity contribution in [3.05, 3.63) is 39.3 Å². The third-order valence-corrected chi connectivity index (χ3v) is 3.63. The number of hydrogen-bond acceptors (Lipinski definition) is 3. The first-order valence-electron chi connectivity index (χ1n) is 6.44. The Morgan fingerprint density at radius 2 is 2.37 bits per heavy atom. The lowest BCUT2D eigenvalue weighted by Crippen LogP contribution is -2.36. The second-order valence-electron chi connectivity index (χ2n) is 4.99. The minimum absolute atomic E-state index is 0.0271. The maximum absolute atomic E-state index is 12.3. The Labute approximate surface area is 110 Å². The first kappa shape index (κ1) is 12.2. The number of carbonyl (C=O) groups excluding carboxylic acids is 1. The van der Waals surface area contributed by atoms with E-state index >= 15 is 0 Å². The summed E-state index contributed by atoms with van der Waals surface area (Å²) < 4.78 is 6.72. The smallest absolute Gasteiger partial charge is 0.254 e. The van der Waals surface area contributed by atoms with Crippen LogP contribution in [0.5, 0.6) is 0 Å². The summed E-state index contributed by atoms with van der Waals surface area (Å²) in [4.78, 5) is 24.3. The van der Waals surface area contributed by atoms with Crippen molar-refractivity contribution in [1.82, 2.24) is 9.88 Å². The van der Waals surface area contributed by atoms with Crippen LogP contribution in [-0.2, 0) is 18.2 Å². The van der Waals surface area contributed by atoms with Gasteiger partial charge in [0, 0.05) is 25.4 Å². The topological polar surface area (TPSA) is 60.3 Å². The fourth-order valence-electron chi connectivity index (χ4n) is 2.59. The van der Waals surface area contributed by atoms with Crippen molar-refractivity contribution in [2.24, 2.45) is 7.05 Å². The fraction of sp³-hybridized carbons (Fsp3) is 0.429. The molecule has 3 rings (SSSR count). The average Bonchev–Trinajstić information content (AvgIpc) is 3.04. The first-order chi connectivity index (χ1) is 9.16. The van der Waals surface area contributed by atoms with E-state index in [9.17, 15) is 9.59 Å². The molecule has 100 valence electrons. The van der Waals surface area contributed by atoms with Crippen LogP contribution in [0.2, 0.25) is 0 Å². The highest BCUT2D eigenvalue weighted by Gasteiger charge is 2.23. The van der Waals surface area contributed by atoms with E-state index in [1.165, 1.54) is 4.57 Å². The van der Waals surface area contributed by atoms with Gasteiger partial charge in [-0.1, -0.05) is 12.2 Å². The van der Waals surface area contributed by atoms with Crippen molar-refractivity contribution < 1.29 is 9.53 Å². The fourth-order valence-corrected chi connectivity index (χ4v) is 2.59. The summed E-state index contributed by atoms with van der Waals surface area (Å²) in [6.07, 6.45) is 6.84. The van der Waals surface area contributed by atoms with Crippen LogP contribution in [0.15, 0.2) is 17.1 Å². The van der Waals surface area contributed by atoms with E-state index in [0.717, 1.165) is 12.0 Å². The van der Waals surface area contributed by atoms with Gasteiger partial charge in [-0.2, -0.15) is 0 Å². The SMILES string of the molecule is Cn1cc(C(=O)NC2CCOC2)c2c(c1=O)CC=C2. The molecule has 1 fully saturated rings. The Morgan fingerprint density at radius 3 is 3.11 bits per heavy atom. The summed E-state index contributed by atoms with van der Waals surface area (Å²) >= 11 is 0. The molecule has 1 N–H and O–H groups in total. The number of nitrogens with one attached hydrogen (secondary N) is 1. The summed E-state index contributed by atoms with van der Waals surface area (Å²) in [6, 6.07) is 0.0748. The van der Waals surface area contributed by atoms with Gasteiger partial charge >= 0.3 is 0 Å². The summed E-state index contributed by atoms with van der Waals surface area (Å²) in [5, 5.41) is 2.96. The normalized spacial score (nSPS) is 20.6. The monoisotopic (exact) mass is 260 g/mol. The minimum Gasteiger partial charge on any atom is -0.379 e. The molecule has 0 radical (unpaired) electrons. The number of amides is 1. The Balaban J connectivity index is 1.94. The van der Waals surface area contributed by atoms with Gasteiger partial charge in [0.2, 0.25) is 0 Å². The van der Waals surface area contributed by atoms with E-state index in [2.05, 4.69) is 5.32 Å². The number of pyridine rings is 1. The molecule has 1 atom stereocenters. The molecular formula is C14H16N2O3. The van der Waals surface area contributed by atoms with Gasteiger partial charge in [0.25, 0.3) is 11.5 Å². The van der Waals surface area contributed by atoms with Gasteiger partial charge in [0.05, 0.1) is 18.2 Å². The lowest BCUT2D eigenvalue weighted by molar-refractivity contribution is 0.0929. The molecule has 5 nitrogen and oxygen atoms in total. The highest BCUT2D eigenvalue weighted by atomic mass is 16.5. The number of nitrogens with zero attached hydrogens (tertiary/aromatic N) is 1. The minimum atomic E-state index is -0.131. The molecule has 0 bridgehead atoms. The van der Waals surface area contributed by atoms with Gasteiger partial charge in [-0.3, -0.25) is 9.59 Å². The Kier molecular flexibility index (Phi) is 2.98. The predicted octanol–water partition coefficient (Wildman–Crippen LogP) is 0.473. The molecule has 2 heterocycles. The molecule has 1 aliphatic carbocycles. The molecule has 0 spiro atoms. The summed E-state index contributed by atoms with van der Waals surface area (Å²) in [6.45, 7) is 1.26. The van der Waals surface area contributed by atoms with Crippen molar-refractivity contribution in [1.29, 1.82) is 0 Å². The maximum atomic E-state index is 12.3. The van der Waals surface area contributed by atoms with Gasteiger partial charge in [0.15, 0.2) is 0 Å². The first-order valence-corrected chi connectivity index (χ1v) is 6.44. The van der Waals surface area contributed by atoms with Crippen LogP contribution >= 0.6 is 0 Å². The van der Waals surface area contributed by atoms with Crippen molar-refractivity contribution in [2.75, 3.05) is 13.2 Å². The number of aryl methyl sites for hydroxylation is 1. The molecule has 0 aromatic carbocycles. The highest BCUT2D eigenvalue weighted by molar-refractivity contribution is 5.98. The van der Waals surface area contributed by atoms with E-state index < -0.39 is 0 Å². The predicted molar refractivity (Wildman–Crippen MR) is 71.1 cm³/mol. The van der Waals surface area contributed by atoms with Gasteiger partial charge < -0.3 is 14.6 Å². The molecule has 1 aromatic rings. The Morgan fingerprint density at radius 1 is 1.53 bits per heavy atom. The number of carbonyl (C=O) groups is 1. The van der Waals surface area contributed by atoms with Gasteiger partial charge in [-0.15, -0.1) is 0 Å². The molecule has 1 amide bonds. The summed E-state index contributed by atoms with van der Waals surface area (Å²) in [5.74, 6) is -0.131. The van der Waals surface area contributed by atoms with E-state index in [1.807, 2.05) is 12.2 Å². The Hall–Kier alpha value is -1.88. The zero-order valence-electron chi connectivity index (χ0n) is 10.8. The van der Waals surface area contributed by atoms with Crippen molar-refractivity contribution in [3.8, 4) is 0 Å². The number of fused-ring (bicyclic) bond motifs is 1. The average molecular weight is 260 g/mol. The summed E-state index contributed by atoms with van der Waals surface area (Å²) in [7, 11) is 1.68. The van der Waals surface area contributed by atoms with Gasteiger partial charge in [-0.25, -0.2) is 0 Å². The van der Waals surface area contributed by atoms with E-state index in [1.54, 1.807) is 13.2 Å². The van der Waals surface area contributed by atoms with Crippen molar-refractivity contribution >= 4 is 12.0 Å². The van der Waals surface area contributed by atoms with E-state index in [0.29, 0.717) is 30.8 Å². The standard InChI is InChI=1S/C14H16N2O3/c1-16-7-12(10-3-2-4-11(10)14(16)18)13(17)15-9-5-6-19-8-9/h2-3,7,9H,4-6,8H2,1H3,(H,15,17). The third-order valence-electron chi connectivity index (χ3n) is 3.63. The van der Waals surface area contributed by atoms with Crippen LogP contribution in [0.1, 0.15) is 27.9 Å². The van der Waals surface area contributed by atoms with Gasteiger partial charge in [-0.05, 0) is 18.4 Å². The van der Waals surface area contributed by atoms with Crippen LogP contribution in [-0.4, -0.2) is 29.7 Å². The molecule has 0 saturated carbocycles. The van der Waals surface area contributed by atoms with Crippen LogP contribution in [0.25, 0.3) is 6.08 Å². The number of rotatable bonds is 2. The third kappa shape index (κ3) is 2.10. The van der Waals surface area contributed by atoms with Crippen molar-refractivity contribution in [3.63, 3.8) is 0 Å². The number of hydrogen-bond donors (Lipinski definition) is 1. The largest absolute Gasteiger partial charge is 0.379 e. The van der Waals surface area contributed by atoms with Gasteiger partial charge in [0.1, 0.15) is 0 Å². The molecule has 1 aliphatic heterocycles. The maximum Gasteiger partial charge on any atom is 0.254 e. The molecule has 5 heteroatoms. The molecule has 1 unspecified atom stereocenters. The van der Waals surface area contributed by atoms with Crippen LogP contribution in [0, 0.1) is 0 Å². The number of allylic oxidation sites excluding steroid dienone is 1. The van der Waals surface area contributed by atoms with E-state index in [4.69, 9.17) is 4.74 Å². The lowest BCUT2D eigenvalue weighted by Gasteiger charge is -2.14. The quantitative estimate of drug-likeness (QED) is 0.841. The number of ether oxygens (including phenoxy) is 1. The molecule has 19 heavy (non-hydrogen) atoms. The molecule has 1 aromatic heterocycles. The Bertz CT molecular complexity index is 610. The summed E-state index contributed by atoms with van der Waals surface area (Å²) in [5.41, 5.74) is 2.01. The second kappa shape index (κ2) is 4.66. The highest BCUT2D eigenvalue weighted by Crippen LogP contribution is 2.20. The zero-order chi connectivity index (χ0) is 13.4. The second-order valence-corrected chi connectivity index (χ2v) is 4.99. The van der Waals surface area contributed by atoms with Crippen molar-refractivity contribution in [2.45, 2.75) is 18.9 Å². The van der Waals surface area contributed by atoms with E-state index in [-0.39, 0.29) is 17.5 Å². The number of aromatic nitrogens is 1. The lowest BCUT2D eigenvalue weighted by atomic mass is 10.1. The molecule has 1 saturated heterocycles. The zero-order valence-corrected chi connectivity index (χ0v) is 10.8.